The van der Waals surface area contributed by atoms with Crippen molar-refractivity contribution in [2.75, 3.05) is 46.2 Å². The number of cyclic esters (lactones) is 1. The Morgan fingerprint density at radius 1 is 0.903 bits per heavy atom. The van der Waals surface area contributed by atoms with Gasteiger partial charge < -0.3 is 69.5 Å². The van der Waals surface area contributed by atoms with Gasteiger partial charge in [-0.15, -0.1) is 0 Å². The molecule has 0 bridgehead atoms. The Labute approximate surface area is 429 Å². The van der Waals surface area contributed by atoms with Crippen LogP contribution in [0.4, 0.5) is 11.4 Å². The van der Waals surface area contributed by atoms with Crippen molar-refractivity contribution in [2.45, 2.75) is 205 Å². The number of aliphatic hydroxyl groups is 5. The Balaban J connectivity index is 1.48. The molecule has 18 atom stereocenters. The fourth-order valence-electron chi connectivity index (χ4n) is 11.3. The molecular formula is C55H90N4O13. The minimum atomic E-state index is -1.93. The van der Waals surface area contributed by atoms with Crippen LogP contribution >= 0.6 is 0 Å². The maximum Gasteiger partial charge on any atom is 0.311 e. The second-order valence-corrected chi connectivity index (χ2v) is 22.2. The number of carbonyl (C=O) groups excluding carboxylic acids is 2. The van der Waals surface area contributed by atoms with Gasteiger partial charge in [0.05, 0.1) is 52.8 Å². The van der Waals surface area contributed by atoms with E-state index in [0.717, 1.165) is 16.8 Å². The van der Waals surface area contributed by atoms with Crippen LogP contribution in [0.25, 0.3) is 0 Å². The molecular weight excluding hydrogens is 925 g/mol. The lowest BCUT2D eigenvalue weighted by Gasteiger charge is -2.48. The van der Waals surface area contributed by atoms with E-state index < -0.39 is 96.0 Å². The molecule has 7 N–H and O–H groups in total. The standard InChI is InChI=1S/C55H90N4O13/c1-16-43-55(12,66)47(61)37(8)59(26-20-25-56-50(63)39-22-17-18-23-41(39)57-40-24-19-21-32(3)34(40)5)30-31(2)28-53(10,65)49(72-52-45(60)42(58(13)14)27-33(4)68-52)35(6)46(36(7)51(64)70-43)71-44-29-54(11,67-15)48(62)38(9)69-44/h17-19,21-24,31,33,35-38,42-49,52,57,60-62,65-66H,16,20,25-30H2,1-15H3,(H,56,63)/t31-,33+,35+,36-,37-,38+,42-,43?,44+,45+,46+,47-,48+,49-,52-,53-,54-,55-/m1/s1. The summed E-state index contributed by atoms with van der Waals surface area (Å²) in [6.07, 6.45) is -8.66. The van der Waals surface area contributed by atoms with Gasteiger partial charge in [-0.05, 0) is 137 Å². The van der Waals surface area contributed by atoms with E-state index in [1.165, 1.54) is 14.0 Å². The number of ether oxygens (including phenoxy) is 6. The van der Waals surface area contributed by atoms with Crippen LogP contribution in [0, 0.1) is 31.6 Å². The van der Waals surface area contributed by atoms with Crippen molar-refractivity contribution in [1.29, 1.82) is 0 Å². The number of benzene rings is 2. The van der Waals surface area contributed by atoms with Crippen molar-refractivity contribution in [3.8, 4) is 0 Å². The van der Waals surface area contributed by atoms with Gasteiger partial charge in [0.2, 0.25) is 0 Å². The summed E-state index contributed by atoms with van der Waals surface area (Å²) in [5.74, 6) is -3.16. The molecule has 3 fully saturated rings. The van der Waals surface area contributed by atoms with E-state index in [1.807, 2.05) is 102 Å². The summed E-state index contributed by atoms with van der Waals surface area (Å²) in [6, 6.07) is 12.3. The van der Waals surface area contributed by atoms with Crippen molar-refractivity contribution in [1.82, 2.24) is 15.1 Å². The summed E-state index contributed by atoms with van der Waals surface area (Å²) in [5, 5.41) is 66.8. The summed E-state index contributed by atoms with van der Waals surface area (Å²) in [4.78, 5) is 32.3. The summed E-state index contributed by atoms with van der Waals surface area (Å²) in [7, 11) is 5.26. The molecule has 0 saturated carbocycles. The molecule has 3 saturated heterocycles. The zero-order chi connectivity index (χ0) is 53.6. The van der Waals surface area contributed by atoms with E-state index >= 15 is 0 Å². The van der Waals surface area contributed by atoms with E-state index in [0.29, 0.717) is 43.7 Å². The van der Waals surface area contributed by atoms with Gasteiger partial charge in [-0.2, -0.15) is 0 Å². The van der Waals surface area contributed by atoms with Crippen LogP contribution in [0.2, 0.25) is 0 Å². The lowest BCUT2D eigenvalue weighted by molar-refractivity contribution is -0.318. The molecule has 0 aromatic heterocycles. The number of methoxy groups -OCH3 is 1. The van der Waals surface area contributed by atoms with E-state index in [4.69, 9.17) is 28.4 Å². The van der Waals surface area contributed by atoms with Crippen molar-refractivity contribution in [3.63, 3.8) is 0 Å². The maximum absolute atomic E-state index is 14.6. The number of aliphatic hydroxyl groups excluding tert-OH is 3. The number of hydrogen-bond acceptors (Lipinski definition) is 16. The summed E-state index contributed by atoms with van der Waals surface area (Å²) < 4.78 is 38.2. The third-order valence-electron chi connectivity index (χ3n) is 16.0. The second kappa shape index (κ2) is 25.0. The van der Waals surface area contributed by atoms with Crippen LogP contribution in [0.3, 0.4) is 0 Å². The Morgan fingerprint density at radius 2 is 1.57 bits per heavy atom. The predicted octanol–water partition coefficient (Wildman–Crippen LogP) is 5.45. The molecule has 5 rings (SSSR count). The number of nitrogens with one attached hydrogen (secondary N) is 2. The molecule has 17 heteroatoms. The van der Waals surface area contributed by atoms with Gasteiger partial charge in [-0.25, -0.2) is 0 Å². The lowest BCUT2D eigenvalue weighted by atomic mass is 9.77. The first-order valence-corrected chi connectivity index (χ1v) is 26.1. The van der Waals surface area contributed by atoms with Crippen LogP contribution in [-0.2, 0) is 33.2 Å². The first-order chi connectivity index (χ1) is 33.7. The largest absolute Gasteiger partial charge is 0.459 e. The SMILES string of the molecule is CCC1OC(=O)[C@H](C)[C@@H](O[C@H]2C[C@@](C)(OC)[C@@H](O)[C@H](C)O2)[C@H](C)[C@@H](O[C@H]2O[C@@H](C)C[C@@H](N(C)C)[C@@H]2O)[C@](C)(O)C[C@@H](C)CN(CCCNC(=O)c2ccccc2Nc2cccc(C)c2C)[C@H](C)[C@@H](O)[C@]1(C)O. The zero-order valence-electron chi connectivity index (χ0n) is 45.8. The summed E-state index contributed by atoms with van der Waals surface area (Å²) in [5.41, 5.74) is -0.382. The number of carbonyl (C=O) groups is 2. The van der Waals surface area contributed by atoms with Crippen LogP contribution < -0.4 is 10.6 Å². The van der Waals surface area contributed by atoms with Gasteiger partial charge in [0.15, 0.2) is 12.6 Å². The Kier molecular flexibility index (Phi) is 20.7. The molecule has 2 aromatic rings. The van der Waals surface area contributed by atoms with E-state index in [2.05, 4.69) is 10.6 Å². The van der Waals surface area contributed by atoms with Crippen LogP contribution in [0.5, 0.6) is 0 Å². The molecule has 0 radical (unpaired) electrons. The van der Waals surface area contributed by atoms with E-state index in [9.17, 15) is 35.1 Å². The highest BCUT2D eigenvalue weighted by molar-refractivity contribution is 6.00. The summed E-state index contributed by atoms with van der Waals surface area (Å²) >= 11 is 0. The number of likely N-dealkylation sites (N-methyl/N-ethyl adjacent to an activating group) is 1. The van der Waals surface area contributed by atoms with Gasteiger partial charge in [0.25, 0.3) is 5.91 Å². The van der Waals surface area contributed by atoms with Crippen molar-refractivity contribution >= 4 is 23.3 Å². The van der Waals surface area contributed by atoms with Crippen molar-refractivity contribution in [2.24, 2.45) is 17.8 Å². The molecule has 2 aromatic carbocycles. The minimum absolute atomic E-state index is 0.0968. The minimum Gasteiger partial charge on any atom is -0.459 e. The number of amides is 1. The average molecular weight is 1020 g/mol. The quantitative estimate of drug-likeness (QED) is 0.0924. The van der Waals surface area contributed by atoms with E-state index in [-0.39, 0.29) is 43.2 Å². The second-order valence-electron chi connectivity index (χ2n) is 22.2. The van der Waals surface area contributed by atoms with Gasteiger partial charge >= 0.3 is 5.97 Å². The highest BCUT2D eigenvalue weighted by Gasteiger charge is 2.53. The Morgan fingerprint density at radius 3 is 2.22 bits per heavy atom. The van der Waals surface area contributed by atoms with Gasteiger partial charge in [-0.3, -0.25) is 14.5 Å². The number of esters is 1. The number of anilines is 2. The maximum atomic E-state index is 14.6. The molecule has 3 heterocycles. The fraction of sp³-hybridized carbons (Fsp3) is 0.745. The first kappa shape index (κ1) is 59.6. The molecule has 408 valence electrons. The number of rotatable bonds is 14. The van der Waals surface area contributed by atoms with Gasteiger partial charge in [-0.1, -0.05) is 45.0 Å². The molecule has 0 aliphatic carbocycles. The number of nitrogens with zero attached hydrogens (tertiary/aromatic N) is 2. The highest BCUT2D eigenvalue weighted by Crippen LogP contribution is 2.40. The first-order valence-electron chi connectivity index (χ1n) is 26.1. The Hall–Kier alpha value is -3.30. The smallest absolute Gasteiger partial charge is 0.311 e. The number of para-hydroxylation sites is 1. The van der Waals surface area contributed by atoms with Crippen LogP contribution in [-0.4, -0.2) is 178 Å². The van der Waals surface area contributed by atoms with Crippen LogP contribution in [0.15, 0.2) is 42.5 Å². The molecule has 1 amide bonds. The molecule has 3 aliphatic heterocycles. The molecule has 17 nitrogen and oxygen atoms in total. The normalized spacial score (nSPS) is 38.9. The molecule has 0 spiro atoms. The molecule has 72 heavy (non-hydrogen) atoms. The molecule has 1 unspecified atom stereocenters. The highest BCUT2D eigenvalue weighted by atomic mass is 16.7. The third-order valence-corrected chi connectivity index (χ3v) is 16.0. The lowest BCUT2D eigenvalue weighted by Crippen LogP contribution is -2.60. The van der Waals surface area contributed by atoms with Gasteiger partial charge in [0, 0.05) is 56.9 Å². The molecule has 3 aliphatic rings. The van der Waals surface area contributed by atoms with Crippen molar-refractivity contribution in [3.05, 3.63) is 59.2 Å². The fourth-order valence-corrected chi connectivity index (χ4v) is 11.3. The topological polar surface area (TPSA) is 221 Å². The Bertz CT molecular complexity index is 2070. The summed E-state index contributed by atoms with van der Waals surface area (Å²) in [6.45, 7) is 22.6. The number of aryl methyl sites for hydroxylation is 1. The van der Waals surface area contributed by atoms with Crippen molar-refractivity contribution < 1.29 is 63.5 Å². The van der Waals surface area contributed by atoms with Gasteiger partial charge in [0.1, 0.15) is 30.0 Å². The number of hydrogen-bond donors (Lipinski definition) is 7. The predicted molar refractivity (Wildman–Crippen MR) is 276 cm³/mol. The van der Waals surface area contributed by atoms with E-state index in [1.54, 1.807) is 40.7 Å². The monoisotopic (exact) mass is 1010 g/mol. The van der Waals surface area contributed by atoms with Crippen LogP contribution in [0.1, 0.15) is 123 Å². The zero-order valence-corrected chi connectivity index (χ0v) is 45.8. The average Bonchev–Trinajstić information content (AvgIpc) is 3.32. The third kappa shape index (κ3) is 13.9.